The third-order valence-electron chi connectivity index (χ3n) is 3.51. The Labute approximate surface area is 151 Å². The largest absolute Gasteiger partial charge is 0.434 e. The van der Waals surface area contributed by atoms with E-state index in [9.17, 15) is 18.0 Å². The molecule has 1 aromatic carbocycles. The van der Waals surface area contributed by atoms with Gasteiger partial charge in [0.25, 0.3) is 5.91 Å². The minimum Gasteiger partial charge on any atom is -0.348 e. The van der Waals surface area contributed by atoms with Gasteiger partial charge >= 0.3 is 6.18 Å². The van der Waals surface area contributed by atoms with Crippen molar-refractivity contribution in [1.82, 2.24) is 20.1 Å². The van der Waals surface area contributed by atoms with Crippen LogP contribution in [0.1, 0.15) is 21.6 Å². The second-order valence-corrected chi connectivity index (χ2v) is 5.78. The van der Waals surface area contributed by atoms with Crippen molar-refractivity contribution < 1.29 is 18.0 Å². The number of carbonyl (C=O) groups is 1. The standard InChI is InChI=1S/C17H12ClF3N4O/c18-12-4-1-5-13(7-12)25-15(17(19,20)21)14(10-24-25)16(26)23-9-11-3-2-6-22-8-11/h1-8,10H,9H2,(H,23,26). The van der Waals surface area contributed by atoms with Crippen LogP contribution in [0, 0.1) is 0 Å². The summed E-state index contributed by atoms with van der Waals surface area (Å²) in [4.78, 5) is 16.2. The van der Waals surface area contributed by atoms with E-state index in [1.54, 1.807) is 18.3 Å². The van der Waals surface area contributed by atoms with Gasteiger partial charge in [0.05, 0.1) is 17.4 Å². The normalized spacial score (nSPS) is 11.4. The van der Waals surface area contributed by atoms with Crippen molar-refractivity contribution in [2.75, 3.05) is 0 Å². The number of hydrogen-bond donors (Lipinski definition) is 1. The maximum Gasteiger partial charge on any atom is 0.434 e. The van der Waals surface area contributed by atoms with Gasteiger partial charge in [0.15, 0.2) is 5.69 Å². The third-order valence-corrected chi connectivity index (χ3v) is 3.75. The highest BCUT2D eigenvalue weighted by atomic mass is 35.5. The van der Waals surface area contributed by atoms with Crippen molar-refractivity contribution in [2.24, 2.45) is 0 Å². The predicted octanol–water partition coefficient (Wildman–Crippen LogP) is 3.87. The van der Waals surface area contributed by atoms with Gasteiger partial charge in [-0.25, -0.2) is 4.68 Å². The number of nitrogens with one attached hydrogen (secondary N) is 1. The SMILES string of the molecule is O=C(NCc1cccnc1)c1cnn(-c2cccc(Cl)c2)c1C(F)(F)F. The van der Waals surface area contributed by atoms with Gasteiger partial charge in [-0.15, -0.1) is 0 Å². The number of hydrogen-bond acceptors (Lipinski definition) is 3. The molecule has 9 heteroatoms. The molecule has 2 aromatic heterocycles. The maximum absolute atomic E-state index is 13.6. The monoisotopic (exact) mass is 380 g/mol. The van der Waals surface area contributed by atoms with Crippen molar-refractivity contribution in [2.45, 2.75) is 12.7 Å². The molecule has 0 fully saturated rings. The molecule has 0 aliphatic rings. The summed E-state index contributed by atoms with van der Waals surface area (Å²) >= 11 is 5.84. The van der Waals surface area contributed by atoms with Crippen LogP contribution in [-0.4, -0.2) is 20.7 Å². The maximum atomic E-state index is 13.6. The Hall–Kier alpha value is -2.87. The summed E-state index contributed by atoms with van der Waals surface area (Å²) in [6.45, 7) is 0.0479. The fourth-order valence-electron chi connectivity index (χ4n) is 2.37. The third kappa shape index (κ3) is 3.85. The van der Waals surface area contributed by atoms with Crippen molar-refractivity contribution in [3.05, 3.63) is 76.8 Å². The van der Waals surface area contributed by atoms with E-state index in [1.807, 2.05) is 0 Å². The van der Waals surface area contributed by atoms with E-state index < -0.39 is 23.3 Å². The fraction of sp³-hybridized carbons (Fsp3) is 0.118. The summed E-state index contributed by atoms with van der Waals surface area (Å²) in [5, 5.41) is 6.44. The summed E-state index contributed by atoms with van der Waals surface area (Å²) < 4.78 is 41.4. The first-order chi connectivity index (χ1) is 12.4. The number of alkyl halides is 3. The number of halogens is 4. The Morgan fingerprint density at radius 1 is 1.19 bits per heavy atom. The second-order valence-electron chi connectivity index (χ2n) is 5.34. The minimum absolute atomic E-state index is 0.0479. The molecule has 1 N–H and O–H groups in total. The summed E-state index contributed by atoms with van der Waals surface area (Å²) in [5.74, 6) is -0.880. The van der Waals surface area contributed by atoms with Gasteiger partial charge in [0.1, 0.15) is 0 Å². The van der Waals surface area contributed by atoms with Gasteiger partial charge < -0.3 is 5.32 Å². The molecule has 0 unspecified atom stereocenters. The van der Waals surface area contributed by atoms with E-state index in [1.165, 1.54) is 30.5 Å². The summed E-state index contributed by atoms with van der Waals surface area (Å²) in [7, 11) is 0. The molecule has 0 aliphatic heterocycles. The Kier molecular flexibility index (Phi) is 4.94. The Bertz CT molecular complexity index is 925. The second kappa shape index (κ2) is 7.17. The average Bonchev–Trinajstić information content (AvgIpc) is 3.06. The van der Waals surface area contributed by atoms with E-state index >= 15 is 0 Å². The number of nitrogens with zero attached hydrogens (tertiary/aromatic N) is 3. The van der Waals surface area contributed by atoms with Crippen molar-refractivity contribution in [3.63, 3.8) is 0 Å². The number of carbonyl (C=O) groups excluding carboxylic acids is 1. The summed E-state index contributed by atoms with van der Waals surface area (Å²) in [6.07, 6.45) is -0.815. The first-order valence-electron chi connectivity index (χ1n) is 7.44. The molecule has 0 saturated carbocycles. The quantitative estimate of drug-likeness (QED) is 0.747. The van der Waals surface area contributed by atoms with Gasteiger partial charge in [-0.3, -0.25) is 9.78 Å². The molecule has 3 rings (SSSR count). The van der Waals surface area contributed by atoms with Crippen LogP contribution in [0.3, 0.4) is 0 Å². The van der Waals surface area contributed by atoms with E-state index in [4.69, 9.17) is 11.6 Å². The number of benzene rings is 1. The molecule has 1 amide bonds. The molecule has 0 aliphatic carbocycles. The van der Waals surface area contributed by atoms with Gasteiger partial charge in [0.2, 0.25) is 0 Å². The van der Waals surface area contributed by atoms with Crippen molar-refractivity contribution in [3.8, 4) is 5.69 Å². The topological polar surface area (TPSA) is 59.8 Å². The lowest BCUT2D eigenvalue weighted by Crippen LogP contribution is -2.26. The molecular formula is C17H12ClF3N4O. The molecule has 5 nitrogen and oxygen atoms in total. The van der Waals surface area contributed by atoms with Crippen LogP contribution in [0.5, 0.6) is 0 Å². The molecule has 0 saturated heterocycles. The zero-order chi connectivity index (χ0) is 18.7. The van der Waals surface area contributed by atoms with Crippen LogP contribution < -0.4 is 5.32 Å². The lowest BCUT2D eigenvalue weighted by molar-refractivity contribution is -0.143. The number of pyridine rings is 1. The first-order valence-corrected chi connectivity index (χ1v) is 7.82. The van der Waals surface area contributed by atoms with E-state index in [0.717, 1.165) is 6.20 Å². The van der Waals surface area contributed by atoms with Crippen molar-refractivity contribution in [1.29, 1.82) is 0 Å². The van der Waals surface area contributed by atoms with Crippen LogP contribution in [0.2, 0.25) is 5.02 Å². The first kappa shape index (κ1) is 17.9. The molecule has 3 aromatic rings. The summed E-state index contributed by atoms with van der Waals surface area (Å²) in [6, 6.07) is 9.16. The smallest absolute Gasteiger partial charge is 0.348 e. The molecule has 0 atom stereocenters. The van der Waals surface area contributed by atoms with Crippen LogP contribution in [-0.2, 0) is 12.7 Å². The molecule has 0 spiro atoms. The zero-order valence-electron chi connectivity index (χ0n) is 13.2. The van der Waals surface area contributed by atoms with Gasteiger partial charge in [-0.2, -0.15) is 18.3 Å². The molecule has 0 radical (unpaired) electrons. The minimum atomic E-state index is -4.78. The van der Waals surface area contributed by atoms with Crippen molar-refractivity contribution >= 4 is 17.5 Å². The highest BCUT2D eigenvalue weighted by molar-refractivity contribution is 6.30. The highest BCUT2D eigenvalue weighted by Gasteiger charge is 2.40. The molecular weight excluding hydrogens is 369 g/mol. The van der Waals surface area contributed by atoms with Gasteiger partial charge in [0, 0.05) is 24.0 Å². The van der Waals surface area contributed by atoms with Crippen LogP contribution >= 0.6 is 11.6 Å². The highest BCUT2D eigenvalue weighted by Crippen LogP contribution is 2.34. The van der Waals surface area contributed by atoms with Gasteiger partial charge in [-0.1, -0.05) is 23.7 Å². The number of aromatic nitrogens is 3. The Morgan fingerprint density at radius 3 is 2.65 bits per heavy atom. The Morgan fingerprint density at radius 2 is 2.00 bits per heavy atom. The van der Waals surface area contributed by atoms with E-state index in [-0.39, 0.29) is 17.3 Å². The van der Waals surface area contributed by atoms with E-state index in [0.29, 0.717) is 10.2 Å². The average molecular weight is 381 g/mol. The van der Waals surface area contributed by atoms with Crippen LogP contribution in [0.15, 0.2) is 55.0 Å². The molecule has 26 heavy (non-hydrogen) atoms. The lowest BCUT2D eigenvalue weighted by Gasteiger charge is -2.13. The van der Waals surface area contributed by atoms with Gasteiger partial charge in [-0.05, 0) is 29.8 Å². The predicted molar refractivity (Wildman–Crippen MR) is 89.0 cm³/mol. The lowest BCUT2D eigenvalue weighted by atomic mass is 10.2. The Balaban J connectivity index is 1.93. The van der Waals surface area contributed by atoms with Crippen LogP contribution in [0.4, 0.5) is 13.2 Å². The van der Waals surface area contributed by atoms with E-state index in [2.05, 4.69) is 15.4 Å². The zero-order valence-corrected chi connectivity index (χ0v) is 13.9. The summed E-state index contributed by atoms with van der Waals surface area (Å²) in [5.41, 5.74) is -0.961. The number of rotatable bonds is 4. The molecule has 134 valence electrons. The molecule has 0 bridgehead atoms. The molecule has 2 heterocycles. The van der Waals surface area contributed by atoms with Crippen LogP contribution in [0.25, 0.3) is 5.69 Å². The number of amides is 1. The fourth-order valence-corrected chi connectivity index (χ4v) is 2.56.